The molecule has 1 aliphatic rings. The molecule has 1 saturated heterocycles. The molecule has 7 heteroatoms. The fraction of sp³-hybridized carbons (Fsp3) is 0.0870. The molecule has 1 fully saturated rings. The van der Waals surface area contributed by atoms with E-state index >= 15 is 0 Å². The lowest BCUT2D eigenvalue weighted by molar-refractivity contribution is -0.130. The number of thiazole rings is 1. The van der Waals surface area contributed by atoms with E-state index in [1.165, 1.54) is 16.2 Å². The van der Waals surface area contributed by atoms with Crippen molar-refractivity contribution in [3.8, 4) is 10.8 Å². The molecule has 0 bridgehead atoms. The summed E-state index contributed by atoms with van der Waals surface area (Å²) in [5, 5.41) is 5.49. The highest BCUT2D eigenvalue weighted by Gasteiger charge is 2.53. The van der Waals surface area contributed by atoms with Crippen LogP contribution >= 0.6 is 11.3 Å². The van der Waals surface area contributed by atoms with Crippen LogP contribution in [0.5, 0.6) is 0 Å². The summed E-state index contributed by atoms with van der Waals surface area (Å²) in [5.41, 5.74) is 0.796. The number of imide groups is 1. The van der Waals surface area contributed by atoms with Crippen molar-refractivity contribution in [2.24, 2.45) is 0 Å². The molecule has 5 rings (SSSR count). The molecule has 3 amide bonds. The normalized spacial score (nSPS) is 15.4. The van der Waals surface area contributed by atoms with Gasteiger partial charge in [0.2, 0.25) is 0 Å². The van der Waals surface area contributed by atoms with E-state index in [2.05, 4.69) is 10.3 Å². The zero-order valence-corrected chi connectivity index (χ0v) is 16.6. The minimum Gasteiger partial charge on any atom is -0.462 e. The lowest BCUT2D eigenvalue weighted by Crippen LogP contribution is -2.45. The zero-order chi connectivity index (χ0) is 20.6. The van der Waals surface area contributed by atoms with Crippen molar-refractivity contribution >= 4 is 23.3 Å². The number of rotatable bonds is 5. The third-order valence-electron chi connectivity index (χ3n) is 5.12. The molecule has 0 saturated carbocycles. The van der Waals surface area contributed by atoms with E-state index in [1.807, 2.05) is 72.1 Å². The number of nitrogens with one attached hydrogen (secondary N) is 1. The van der Waals surface area contributed by atoms with Gasteiger partial charge in [-0.1, -0.05) is 60.7 Å². The minimum absolute atomic E-state index is 0.0866. The van der Waals surface area contributed by atoms with E-state index in [9.17, 15) is 9.59 Å². The number of benzene rings is 2. The van der Waals surface area contributed by atoms with Gasteiger partial charge >= 0.3 is 6.03 Å². The Morgan fingerprint density at radius 2 is 1.60 bits per heavy atom. The van der Waals surface area contributed by atoms with Crippen LogP contribution in [0.25, 0.3) is 10.8 Å². The average molecular weight is 415 g/mol. The van der Waals surface area contributed by atoms with Crippen LogP contribution in [0, 0.1) is 0 Å². The number of carbonyl (C=O) groups is 2. The first-order chi connectivity index (χ1) is 14.7. The SMILES string of the molecule is O=C1NC(c2ccccc2)(c2ccccc2)C(=O)N1Cc1csc(-c2ccco2)n1. The highest BCUT2D eigenvalue weighted by Crippen LogP contribution is 2.36. The van der Waals surface area contributed by atoms with Gasteiger partial charge in [-0.2, -0.15) is 0 Å². The summed E-state index contributed by atoms with van der Waals surface area (Å²) in [6.45, 7) is 0.0866. The predicted molar refractivity (Wildman–Crippen MR) is 113 cm³/mol. The number of hydrogen-bond donors (Lipinski definition) is 1. The van der Waals surface area contributed by atoms with Crippen LogP contribution in [0.4, 0.5) is 4.79 Å². The fourth-order valence-electron chi connectivity index (χ4n) is 3.71. The highest BCUT2D eigenvalue weighted by molar-refractivity contribution is 7.13. The third kappa shape index (κ3) is 2.91. The van der Waals surface area contributed by atoms with Gasteiger partial charge in [0.1, 0.15) is 0 Å². The second-order valence-corrected chi connectivity index (χ2v) is 7.78. The Morgan fingerprint density at radius 1 is 0.933 bits per heavy atom. The molecule has 6 nitrogen and oxygen atoms in total. The summed E-state index contributed by atoms with van der Waals surface area (Å²) >= 11 is 1.41. The van der Waals surface area contributed by atoms with Gasteiger partial charge < -0.3 is 9.73 Å². The molecular weight excluding hydrogens is 398 g/mol. The Kier molecular flexibility index (Phi) is 4.44. The largest absolute Gasteiger partial charge is 0.462 e. The van der Waals surface area contributed by atoms with Crippen molar-refractivity contribution in [2.45, 2.75) is 12.1 Å². The molecule has 1 aliphatic heterocycles. The number of hydrogen-bond acceptors (Lipinski definition) is 5. The number of aromatic nitrogens is 1. The van der Waals surface area contributed by atoms with Crippen LogP contribution in [-0.2, 0) is 16.9 Å². The standard InChI is InChI=1S/C23H17N3O3S/c27-21-23(16-8-3-1-4-9-16,17-10-5-2-6-11-17)25-22(28)26(21)14-18-15-30-20(24-18)19-12-7-13-29-19/h1-13,15H,14H2,(H,25,28). The molecule has 3 heterocycles. The molecule has 0 radical (unpaired) electrons. The van der Waals surface area contributed by atoms with Crippen LogP contribution in [0.2, 0.25) is 0 Å². The summed E-state index contributed by atoms with van der Waals surface area (Å²) in [4.78, 5) is 32.4. The van der Waals surface area contributed by atoms with Crippen LogP contribution in [0.15, 0.2) is 88.9 Å². The number of furan rings is 1. The monoisotopic (exact) mass is 415 g/mol. The van der Waals surface area contributed by atoms with Gasteiger partial charge in [-0.25, -0.2) is 9.78 Å². The van der Waals surface area contributed by atoms with Gasteiger partial charge in [-0.15, -0.1) is 11.3 Å². The molecular formula is C23H17N3O3S. The van der Waals surface area contributed by atoms with Crippen molar-refractivity contribution in [3.63, 3.8) is 0 Å². The van der Waals surface area contributed by atoms with Crippen molar-refractivity contribution < 1.29 is 14.0 Å². The number of urea groups is 1. The van der Waals surface area contributed by atoms with Crippen LogP contribution in [0.1, 0.15) is 16.8 Å². The Morgan fingerprint density at radius 3 is 2.20 bits per heavy atom. The first kappa shape index (κ1) is 18.3. The smallest absolute Gasteiger partial charge is 0.325 e. The van der Waals surface area contributed by atoms with Gasteiger partial charge in [0.15, 0.2) is 16.3 Å². The van der Waals surface area contributed by atoms with Crippen molar-refractivity contribution in [3.05, 3.63) is 101 Å². The average Bonchev–Trinajstić information content (AvgIpc) is 3.52. The number of amides is 3. The number of carbonyl (C=O) groups excluding carboxylic acids is 2. The quantitative estimate of drug-likeness (QED) is 0.490. The highest BCUT2D eigenvalue weighted by atomic mass is 32.1. The van der Waals surface area contributed by atoms with E-state index < -0.39 is 11.6 Å². The second-order valence-electron chi connectivity index (χ2n) is 6.92. The maximum Gasteiger partial charge on any atom is 0.325 e. The Bertz CT molecular complexity index is 1150. The Hall–Kier alpha value is -3.71. The molecule has 0 unspecified atom stereocenters. The van der Waals surface area contributed by atoms with E-state index in [4.69, 9.17) is 4.42 Å². The van der Waals surface area contributed by atoms with Crippen molar-refractivity contribution in [1.82, 2.24) is 15.2 Å². The number of nitrogens with zero attached hydrogens (tertiary/aromatic N) is 2. The molecule has 4 aromatic rings. The molecule has 148 valence electrons. The lowest BCUT2D eigenvalue weighted by atomic mass is 9.82. The van der Waals surface area contributed by atoms with E-state index in [1.54, 1.807) is 12.3 Å². The first-order valence-corrected chi connectivity index (χ1v) is 10.3. The van der Waals surface area contributed by atoms with Crippen LogP contribution in [0.3, 0.4) is 0 Å². The topological polar surface area (TPSA) is 75.4 Å². The van der Waals surface area contributed by atoms with Gasteiger partial charge in [0, 0.05) is 5.38 Å². The Balaban J connectivity index is 1.51. The maximum atomic E-state index is 13.7. The predicted octanol–water partition coefficient (Wildman–Crippen LogP) is 4.40. The first-order valence-electron chi connectivity index (χ1n) is 9.42. The summed E-state index contributed by atoms with van der Waals surface area (Å²) in [7, 11) is 0. The third-order valence-corrected chi connectivity index (χ3v) is 6.03. The molecule has 2 aromatic carbocycles. The van der Waals surface area contributed by atoms with E-state index in [-0.39, 0.29) is 12.5 Å². The van der Waals surface area contributed by atoms with Gasteiger partial charge in [0.25, 0.3) is 5.91 Å². The molecule has 0 aliphatic carbocycles. The fourth-order valence-corrected chi connectivity index (χ4v) is 4.49. The van der Waals surface area contributed by atoms with Crippen molar-refractivity contribution in [1.29, 1.82) is 0 Å². The van der Waals surface area contributed by atoms with E-state index in [0.29, 0.717) is 27.6 Å². The van der Waals surface area contributed by atoms with Gasteiger partial charge in [-0.3, -0.25) is 9.69 Å². The molecule has 30 heavy (non-hydrogen) atoms. The van der Waals surface area contributed by atoms with Gasteiger partial charge in [0.05, 0.1) is 18.5 Å². The van der Waals surface area contributed by atoms with Crippen molar-refractivity contribution in [2.75, 3.05) is 0 Å². The molecule has 1 N–H and O–H groups in total. The second kappa shape index (κ2) is 7.27. The minimum atomic E-state index is -1.26. The maximum absolute atomic E-state index is 13.7. The summed E-state index contributed by atoms with van der Waals surface area (Å²) in [6.07, 6.45) is 1.59. The lowest BCUT2D eigenvalue weighted by Gasteiger charge is -2.27. The molecule has 0 atom stereocenters. The summed E-state index contributed by atoms with van der Waals surface area (Å²) in [6, 6.07) is 21.8. The zero-order valence-electron chi connectivity index (χ0n) is 15.8. The van der Waals surface area contributed by atoms with Crippen LogP contribution < -0.4 is 5.32 Å². The summed E-state index contributed by atoms with van der Waals surface area (Å²) < 4.78 is 5.38. The van der Waals surface area contributed by atoms with Crippen LogP contribution in [-0.4, -0.2) is 21.8 Å². The van der Waals surface area contributed by atoms with Gasteiger partial charge in [-0.05, 0) is 23.3 Å². The molecule has 2 aromatic heterocycles. The summed E-state index contributed by atoms with van der Waals surface area (Å²) in [5.74, 6) is 0.337. The molecule has 0 spiro atoms. The van der Waals surface area contributed by atoms with E-state index in [0.717, 1.165) is 0 Å². The Labute approximate surface area is 176 Å².